The molecule has 0 aliphatic carbocycles. The molecule has 0 aromatic heterocycles. The van der Waals surface area contributed by atoms with Crippen molar-refractivity contribution in [2.24, 2.45) is 5.73 Å². The molecule has 2 amide bonds. The summed E-state index contributed by atoms with van der Waals surface area (Å²) in [6, 6.07) is 7.78. The number of piperidine rings is 1. The lowest BCUT2D eigenvalue weighted by atomic mass is 9.66. The topological polar surface area (TPSA) is 81.9 Å². The lowest BCUT2D eigenvalue weighted by molar-refractivity contribution is -0.141. The van der Waals surface area contributed by atoms with Gasteiger partial charge in [0.05, 0.1) is 18.1 Å². The molecule has 2 aliphatic rings. The monoisotopic (exact) mass is 360 g/mol. The van der Waals surface area contributed by atoms with Gasteiger partial charge in [-0.15, -0.1) is 0 Å². The average Bonchev–Trinajstić information content (AvgIpc) is 3.15. The summed E-state index contributed by atoms with van der Waals surface area (Å²) >= 11 is 0. The fourth-order valence-corrected chi connectivity index (χ4v) is 4.38. The molecule has 2 aliphatic heterocycles. The fraction of sp³-hybridized carbons (Fsp3) is 0.600. The molecule has 1 aromatic rings. The Morgan fingerprint density at radius 1 is 1.31 bits per heavy atom. The molecular formula is C20H28N2O4. The molecule has 0 bridgehead atoms. The van der Waals surface area contributed by atoms with Crippen LogP contribution in [-0.4, -0.2) is 48.8 Å². The van der Waals surface area contributed by atoms with Gasteiger partial charge in [-0.1, -0.05) is 38.1 Å². The van der Waals surface area contributed by atoms with Gasteiger partial charge in [-0.3, -0.25) is 9.59 Å². The van der Waals surface area contributed by atoms with Crippen molar-refractivity contribution in [2.75, 3.05) is 19.9 Å². The number of primary amides is 1. The summed E-state index contributed by atoms with van der Waals surface area (Å²) in [5, 5.41) is 0. The predicted molar refractivity (Wildman–Crippen MR) is 97.5 cm³/mol. The number of nitrogens with zero attached hydrogens (tertiary/aromatic N) is 1. The minimum absolute atomic E-state index is 0.0132. The number of ether oxygens (including phenoxy) is 2. The smallest absolute Gasteiger partial charge is 0.228 e. The Labute approximate surface area is 154 Å². The highest BCUT2D eigenvalue weighted by molar-refractivity contribution is 5.88. The first-order chi connectivity index (χ1) is 12.4. The highest BCUT2D eigenvalue weighted by atomic mass is 16.7. The zero-order valence-electron chi connectivity index (χ0n) is 15.7. The Morgan fingerprint density at radius 2 is 2.04 bits per heavy atom. The van der Waals surface area contributed by atoms with Crippen LogP contribution in [0.3, 0.4) is 0 Å². The zero-order valence-corrected chi connectivity index (χ0v) is 15.7. The normalized spacial score (nSPS) is 29.2. The van der Waals surface area contributed by atoms with Gasteiger partial charge in [0.25, 0.3) is 0 Å². The molecule has 3 atom stereocenters. The Morgan fingerprint density at radius 3 is 2.62 bits per heavy atom. The summed E-state index contributed by atoms with van der Waals surface area (Å²) in [5.74, 6) is -0.0730. The van der Waals surface area contributed by atoms with E-state index in [-0.39, 0.29) is 36.7 Å². The number of carbonyl (C=O) groups is 2. The second kappa shape index (κ2) is 7.37. The second-order valence-corrected chi connectivity index (χ2v) is 7.62. The van der Waals surface area contributed by atoms with E-state index in [1.54, 1.807) is 11.8 Å². The van der Waals surface area contributed by atoms with E-state index in [0.29, 0.717) is 26.0 Å². The van der Waals surface area contributed by atoms with Gasteiger partial charge in [0, 0.05) is 13.5 Å². The summed E-state index contributed by atoms with van der Waals surface area (Å²) < 4.78 is 11.0. The molecule has 2 fully saturated rings. The first-order valence-electron chi connectivity index (χ1n) is 9.22. The van der Waals surface area contributed by atoms with Crippen molar-refractivity contribution < 1.29 is 19.1 Å². The maximum absolute atomic E-state index is 12.7. The molecule has 26 heavy (non-hydrogen) atoms. The molecule has 6 heteroatoms. The standard InChI is InChI=1S/C20H28N2O4/c1-13(2)15-6-4-5-7-16(15)20(19(21)24)8-9-22(14(3)23)17(10-20)18-11-25-12-26-18/h4-7,13,17-18H,8-12H2,1-3H3,(H2,21,24). The van der Waals surface area contributed by atoms with Gasteiger partial charge in [0.1, 0.15) is 12.9 Å². The third-order valence-corrected chi connectivity index (χ3v) is 5.79. The zero-order chi connectivity index (χ0) is 18.9. The number of rotatable bonds is 4. The van der Waals surface area contributed by atoms with Gasteiger partial charge in [-0.05, 0) is 29.9 Å². The Hall–Kier alpha value is -1.92. The maximum Gasteiger partial charge on any atom is 0.228 e. The van der Waals surface area contributed by atoms with Crippen LogP contribution in [0, 0.1) is 0 Å². The van der Waals surface area contributed by atoms with E-state index in [2.05, 4.69) is 19.9 Å². The molecule has 6 nitrogen and oxygen atoms in total. The molecule has 0 radical (unpaired) electrons. The summed E-state index contributed by atoms with van der Waals surface area (Å²) in [6.45, 7) is 6.92. The van der Waals surface area contributed by atoms with Gasteiger partial charge >= 0.3 is 0 Å². The minimum atomic E-state index is -0.802. The maximum atomic E-state index is 12.7. The van der Waals surface area contributed by atoms with Gasteiger partial charge in [-0.25, -0.2) is 0 Å². The van der Waals surface area contributed by atoms with Gasteiger partial charge in [-0.2, -0.15) is 0 Å². The highest BCUT2D eigenvalue weighted by Crippen LogP contribution is 2.43. The SMILES string of the molecule is CC(=O)N1CCC(C(N)=O)(c2ccccc2C(C)C)CC1C1COCO1. The Bertz CT molecular complexity index is 684. The van der Waals surface area contributed by atoms with Crippen LogP contribution in [0.1, 0.15) is 50.7 Å². The molecule has 2 saturated heterocycles. The fourth-order valence-electron chi connectivity index (χ4n) is 4.38. The number of hydrogen-bond donors (Lipinski definition) is 1. The lowest BCUT2D eigenvalue weighted by Crippen LogP contribution is -2.59. The van der Waals surface area contributed by atoms with Crippen LogP contribution in [0.15, 0.2) is 24.3 Å². The third-order valence-electron chi connectivity index (χ3n) is 5.79. The number of hydrogen-bond acceptors (Lipinski definition) is 4. The minimum Gasteiger partial charge on any atom is -0.369 e. The van der Waals surface area contributed by atoms with Crippen LogP contribution < -0.4 is 5.73 Å². The average molecular weight is 360 g/mol. The molecule has 2 heterocycles. The van der Waals surface area contributed by atoms with Crippen LogP contribution >= 0.6 is 0 Å². The van der Waals surface area contributed by atoms with Crippen molar-refractivity contribution in [3.05, 3.63) is 35.4 Å². The summed E-state index contributed by atoms with van der Waals surface area (Å²) in [6.07, 6.45) is 0.749. The third kappa shape index (κ3) is 3.23. The molecular weight excluding hydrogens is 332 g/mol. The summed E-state index contributed by atoms with van der Waals surface area (Å²) in [7, 11) is 0. The van der Waals surface area contributed by atoms with Crippen molar-refractivity contribution in [3.8, 4) is 0 Å². The second-order valence-electron chi connectivity index (χ2n) is 7.62. The number of nitrogens with two attached hydrogens (primary N) is 1. The molecule has 3 rings (SSSR count). The Kier molecular flexibility index (Phi) is 5.34. The van der Waals surface area contributed by atoms with Gasteiger partial charge in [0.15, 0.2) is 0 Å². The largest absolute Gasteiger partial charge is 0.369 e. The van der Waals surface area contributed by atoms with Crippen LogP contribution in [0.5, 0.6) is 0 Å². The van der Waals surface area contributed by atoms with Crippen molar-refractivity contribution >= 4 is 11.8 Å². The van der Waals surface area contributed by atoms with Crippen LogP contribution in [0.2, 0.25) is 0 Å². The van der Waals surface area contributed by atoms with E-state index in [1.165, 1.54) is 0 Å². The van der Waals surface area contributed by atoms with Crippen LogP contribution in [0.25, 0.3) is 0 Å². The highest BCUT2D eigenvalue weighted by Gasteiger charge is 2.50. The van der Waals surface area contributed by atoms with E-state index in [0.717, 1.165) is 11.1 Å². The van der Waals surface area contributed by atoms with Crippen LogP contribution in [0.4, 0.5) is 0 Å². The number of amides is 2. The number of likely N-dealkylation sites (tertiary alicyclic amines) is 1. The van der Waals surface area contributed by atoms with Gasteiger partial charge < -0.3 is 20.1 Å². The summed E-state index contributed by atoms with van der Waals surface area (Å²) in [4.78, 5) is 26.7. The van der Waals surface area contributed by atoms with E-state index >= 15 is 0 Å². The number of carbonyl (C=O) groups excluding carboxylic acids is 2. The van der Waals surface area contributed by atoms with Crippen molar-refractivity contribution in [1.82, 2.24) is 4.90 Å². The first-order valence-corrected chi connectivity index (χ1v) is 9.22. The van der Waals surface area contributed by atoms with Crippen molar-refractivity contribution in [1.29, 1.82) is 0 Å². The first kappa shape index (κ1) is 18.9. The predicted octanol–water partition coefficient (Wildman–Crippen LogP) is 1.92. The molecule has 1 aromatic carbocycles. The van der Waals surface area contributed by atoms with E-state index in [9.17, 15) is 9.59 Å². The van der Waals surface area contributed by atoms with Gasteiger partial charge in [0.2, 0.25) is 11.8 Å². The molecule has 0 spiro atoms. The lowest BCUT2D eigenvalue weighted by Gasteiger charge is -2.47. The van der Waals surface area contributed by atoms with Crippen molar-refractivity contribution in [2.45, 2.75) is 57.1 Å². The van der Waals surface area contributed by atoms with E-state index < -0.39 is 5.41 Å². The molecule has 142 valence electrons. The Balaban J connectivity index is 2.05. The number of benzene rings is 1. The van der Waals surface area contributed by atoms with Crippen molar-refractivity contribution in [3.63, 3.8) is 0 Å². The molecule has 0 saturated carbocycles. The molecule has 3 unspecified atom stereocenters. The van der Waals surface area contributed by atoms with Crippen LogP contribution in [-0.2, 0) is 24.5 Å². The summed E-state index contributed by atoms with van der Waals surface area (Å²) in [5.41, 5.74) is 7.28. The molecule has 2 N–H and O–H groups in total. The van der Waals surface area contributed by atoms with E-state index in [4.69, 9.17) is 15.2 Å². The quantitative estimate of drug-likeness (QED) is 0.889. The van der Waals surface area contributed by atoms with E-state index in [1.807, 2.05) is 18.2 Å².